The molecule has 0 radical (unpaired) electrons. The lowest BCUT2D eigenvalue weighted by molar-refractivity contribution is -0.154. The maximum atomic E-state index is 12.1. The van der Waals surface area contributed by atoms with E-state index in [-0.39, 0.29) is 26.2 Å². The third-order valence-electron chi connectivity index (χ3n) is 3.48. The highest BCUT2D eigenvalue weighted by molar-refractivity contribution is 7.88. The number of piperazine rings is 1. The molecule has 20 heavy (non-hydrogen) atoms. The fraction of sp³-hybridized carbons (Fsp3) is 0.818. The lowest BCUT2D eigenvalue weighted by atomic mass is 10.3. The molecule has 0 aliphatic carbocycles. The minimum atomic E-state index is -3.23. The molecule has 2 heterocycles. The van der Waals surface area contributed by atoms with Gasteiger partial charge in [0.1, 0.15) is 0 Å². The summed E-state index contributed by atoms with van der Waals surface area (Å²) in [6, 6.07) is 0. The number of carbonyl (C=O) groups excluding carboxylic acids is 2. The molecule has 0 bridgehead atoms. The van der Waals surface area contributed by atoms with Gasteiger partial charge in [0.15, 0.2) is 0 Å². The average molecular weight is 305 g/mol. The Morgan fingerprint density at radius 2 is 1.30 bits per heavy atom. The highest BCUT2D eigenvalue weighted by Gasteiger charge is 2.32. The topological polar surface area (TPSA) is 87.2 Å². The first kappa shape index (κ1) is 15.2. The van der Waals surface area contributed by atoms with Crippen LogP contribution >= 0.6 is 0 Å². The molecule has 114 valence electrons. The van der Waals surface area contributed by atoms with Gasteiger partial charge in [0.05, 0.1) is 19.5 Å². The average Bonchev–Trinajstić information content (AvgIpc) is 2.46. The maximum absolute atomic E-state index is 12.1. The van der Waals surface area contributed by atoms with E-state index in [2.05, 4.69) is 0 Å². The normalized spacial score (nSPS) is 21.9. The molecule has 8 nitrogen and oxygen atoms in total. The van der Waals surface area contributed by atoms with Gasteiger partial charge in [-0.3, -0.25) is 9.59 Å². The van der Waals surface area contributed by atoms with Crippen molar-refractivity contribution >= 4 is 21.8 Å². The molecular weight excluding hydrogens is 286 g/mol. The fourth-order valence-corrected chi connectivity index (χ4v) is 3.09. The van der Waals surface area contributed by atoms with Gasteiger partial charge in [-0.25, -0.2) is 8.42 Å². The minimum Gasteiger partial charge on any atom is -0.378 e. The van der Waals surface area contributed by atoms with Gasteiger partial charge in [-0.15, -0.1) is 0 Å². The van der Waals surface area contributed by atoms with Crippen LogP contribution in [0.3, 0.4) is 0 Å². The van der Waals surface area contributed by atoms with E-state index >= 15 is 0 Å². The lowest BCUT2D eigenvalue weighted by Gasteiger charge is -2.34. The van der Waals surface area contributed by atoms with Gasteiger partial charge < -0.3 is 14.5 Å². The number of rotatable bonds is 1. The summed E-state index contributed by atoms with van der Waals surface area (Å²) < 4.78 is 29.2. The van der Waals surface area contributed by atoms with Crippen LogP contribution in [0.1, 0.15) is 0 Å². The van der Waals surface area contributed by atoms with Crippen molar-refractivity contribution in [1.82, 2.24) is 14.1 Å². The predicted octanol–water partition coefficient (Wildman–Crippen LogP) is -2.05. The first-order valence-electron chi connectivity index (χ1n) is 6.50. The second-order valence-electron chi connectivity index (χ2n) is 4.86. The molecule has 2 fully saturated rings. The van der Waals surface area contributed by atoms with Gasteiger partial charge in [0.2, 0.25) is 10.0 Å². The Hall–Kier alpha value is -1.19. The Balaban J connectivity index is 1.89. The molecule has 2 aliphatic rings. The molecule has 0 atom stereocenters. The van der Waals surface area contributed by atoms with E-state index < -0.39 is 21.8 Å². The van der Waals surface area contributed by atoms with Crippen LogP contribution in [0.5, 0.6) is 0 Å². The van der Waals surface area contributed by atoms with Crippen LogP contribution in [-0.4, -0.2) is 93.1 Å². The Morgan fingerprint density at radius 3 is 1.75 bits per heavy atom. The summed E-state index contributed by atoms with van der Waals surface area (Å²) in [4.78, 5) is 27.0. The van der Waals surface area contributed by atoms with E-state index in [0.29, 0.717) is 26.3 Å². The number of sulfonamides is 1. The van der Waals surface area contributed by atoms with E-state index in [1.54, 1.807) is 0 Å². The van der Waals surface area contributed by atoms with Crippen molar-refractivity contribution < 1.29 is 22.7 Å². The van der Waals surface area contributed by atoms with Gasteiger partial charge in [0.25, 0.3) is 0 Å². The van der Waals surface area contributed by atoms with Crippen LogP contribution in [0.2, 0.25) is 0 Å². The molecule has 0 aromatic carbocycles. The number of carbonyl (C=O) groups is 2. The van der Waals surface area contributed by atoms with Crippen molar-refractivity contribution in [1.29, 1.82) is 0 Å². The van der Waals surface area contributed by atoms with Crippen molar-refractivity contribution in [2.45, 2.75) is 0 Å². The molecule has 2 saturated heterocycles. The Bertz CT molecular complexity index is 478. The van der Waals surface area contributed by atoms with Crippen molar-refractivity contribution in [3.8, 4) is 0 Å². The molecule has 0 aromatic rings. The Labute approximate surface area is 118 Å². The summed E-state index contributed by atoms with van der Waals surface area (Å²) in [5.74, 6) is -1.08. The summed E-state index contributed by atoms with van der Waals surface area (Å²) in [6.07, 6.45) is 1.14. The highest BCUT2D eigenvalue weighted by atomic mass is 32.2. The van der Waals surface area contributed by atoms with Gasteiger partial charge in [-0.05, 0) is 0 Å². The quantitative estimate of drug-likeness (QED) is 0.520. The van der Waals surface area contributed by atoms with E-state index in [1.165, 1.54) is 14.1 Å². The molecule has 0 N–H and O–H groups in total. The molecule has 2 rings (SSSR count). The number of hydrogen-bond acceptors (Lipinski definition) is 5. The van der Waals surface area contributed by atoms with E-state index in [1.807, 2.05) is 0 Å². The summed E-state index contributed by atoms with van der Waals surface area (Å²) in [5, 5.41) is 0. The van der Waals surface area contributed by atoms with Gasteiger partial charge >= 0.3 is 11.8 Å². The number of amides is 2. The minimum absolute atomic E-state index is 0.237. The van der Waals surface area contributed by atoms with Crippen molar-refractivity contribution in [2.24, 2.45) is 0 Å². The van der Waals surface area contributed by atoms with E-state index in [9.17, 15) is 18.0 Å². The highest BCUT2D eigenvalue weighted by Crippen LogP contribution is 2.08. The number of hydrogen-bond donors (Lipinski definition) is 0. The second-order valence-corrected chi connectivity index (χ2v) is 6.84. The summed E-state index contributed by atoms with van der Waals surface area (Å²) >= 11 is 0. The Morgan fingerprint density at radius 1 is 0.850 bits per heavy atom. The summed E-state index contributed by atoms with van der Waals surface area (Å²) in [5.41, 5.74) is 0. The van der Waals surface area contributed by atoms with Gasteiger partial charge in [-0.1, -0.05) is 0 Å². The maximum Gasteiger partial charge on any atom is 0.312 e. The zero-order valence-electron chi connectivity index (χ0n) is 11.4. The van der Waals surface area contributed by atoms with Crippen LogP contribution < -0.4 is 0 Å². The van der Waals surface area contributed by atoms with Crippen LogP contribution in [0, 0.1) is 0 Å². The zero-order valence-corrected chi connectivity index (χ0v) is 12.3. The standard InChI is InChI=1S/C11H19N3O5S/c1-20(17,18)14-4-2-12(3-5-14)10(15)11(16)13-6-8-19-9-7-13/h2-9H2,1H3. The zero-order chi connectivity index (χ0) is 14.8. The molecule has 0 spiro atoms. The van der Waals surface area contributed by atoms with Crippen LogP contribution in [0.25, 0.3) is 0 Å². The first-order chi connectivity index (χ1) is 9.39. The second kappa shape index (κ2) is 6.06. The largest absolute Gasteiger partial charge is 0.378 e. The summed E-state index contributed by atoms with van der Waals surface area (Å²) in [6.45, 7) is 2.72. The molecule has 9 heteroatoms. The third-order valence-corrected chi connectivity index (χ3v) is 4.78. The molecule has 2 aliphatic heterocycles. The van der Waals surface area contributed by atoms with Gasteiger partial charge in [0, 0.05) is 39.3 Å². The molecular formula is C11H19N3O5S. The number of nitrogens with zero attached hydrogens (tertiary/aromatic N) is 3. The summed E-state index contributed by atoms with van der Waals surface area (Å²) in [7, 11) is -3.23. The lowest BCUT2D eigenvalue weighted by Crippen LogP contribution is -2.55. The smallest absolute Gasteiger partial charge is 0.312 e. The molecule has 0 saturated carbocycles. The molecule has 0 unspecified atom stereocenters. The van der Waals surface area contributed by atoms with E-state index in [4.69, 9.17) is 4.74 Å². The van der Waals surface area contributed by atoms with Crippen LogP contribution in [0.15, 0.2) is 0 Å². The Kier molecular flexibility index (Phi) is 4.61. The number of ether oxygens (including phenoxy) is 1. The third kappa shape index (κ3) is 3.47. The predicted molar refractivity (Wildman–Crippen MR) is 70.4 cm³/mol. The van der Waals surface area contributed by atoms with Gasteiger partial charge in [-0.2, -0.15) is 4.31 Å². The SMILES string of the molecule is CS(=O)(=O)N1CCN(C(=O)C(=O)N2CCOCC2)CC1. The monoisotopic (exact) mass is 305 g/mol. The van der Waals surface area contributed by atoms with Crippen molar-refractivity contribution in [3.63, 3.8) is 0 Å². The van der Waals surface area contributed by atoms with E-state index in [0.717, 1.165) is 6.26 Å². The van der Waals surface area contributed by atoms with Crippen LogP contribution in [-0.2, 0) is 24.3 Å². The van der Waals surface area contributed by atoms with Crippen LogP contribution in [0.4, 0.5) is 0 Å². The molecule has 2 amide bonds. The van der Waals surface area contributed by atoms with Crippen molar-refractivity contribution in [2.75, 3.05) is 58.7 Å². The van der Waals surface area contributed by atoms with Crippen molar-refractivity contribution in [3.05, 3.63) is 0 Å². The molecule has 0 aromatic heterocycles. The fourth-order valence-electron chi connectivity index (χ4n) is 2.26. The number of morpholine rings is 1. The first-order valence-corrected chi connectivity index (χ1v) is 8.35.